The number of ether oxygens (including phenoxy) is 1. The monoisotopic (exact) mass is 279 g/mol. The van der Waals surface area contributed by atoms with Gasteiger partial charge in [-0.15, -0.1) is 0 Å². The molecule has 0 aromatic heterocycles. The number of halogens is 2. The molecule has 1 saturated carbocycles. The summed E-state index contributed by atoms with van der Waals surface area (Å²) >= 11 is 1.86. The number of carbonyl (C=O) groups is 1. The van der Waals surface area contributed by atoms with E-state index in [1.807, 2.05) is 11.8 Å². The summed E-state index contributed by atoms with van der Waals surface area (Å²) in [5.41, 5.74) is 0. The largest absolute Gasteiger partial charge is 0.456 e. The molecule has 1 heterocycles. The average Bonchev–Trinajstić information content (AvgIpc) is 2.61. The fourth-order valence-electron chi connectivity index (χ4n) is 2.60. The summed E-state index contributed by atoms with van der Waals surface area (Å²) in [5.74, 6) is -4.67. The zero-order valence-electron chi connectivity index (χ0n) is 10.5. The fraction of sp³-hybridized carbons (Fsp3) is 0.917. The molecule has 1 aliphatic heterocycles. The van der Waals surface area contributed by atoms with Gasteiger partial charge >= 0.3 is 11.9 Å². The van der Waals surface area contributed by atoms with Gasteiger partial charge in [0.05, 0.1) is 6.42 Å². The van der Waals surface area contributed by atoms with Crippen molar-refractivity contribution in [2.24, 2.45) is 0 Å². The molecule has 3 atom stereocenters. The molecule has 1 saturated heterocycles. The second-order valence-electron chi connectivity index (χ2n) is 5.07. The maximum Gasteiger partial charge on any atom is 0.377 e. The van der Waals surface area contributed by atoms with Gasteiger partial charge in [0.25, 0.3) is 0 Å². The lowest BCUT2D eigenvalue weighted by molar-refractivity contribution is -0.159. The van der Waals surface area contributed by atoms with E-state index in [9.17, 15) is 13.6 Å². The molecule has 1 N–H and O–H groups in total. The number of thioether (sulfide) groups is 1. The van der Waals surface area contributed by atoms with Crippen LogP contribution in [0.3, 0.4) is 0 Å². The smallest absolute Gasteiger partial charge is 0.377 e. The number of carbonyl (C=O) groups excluding carboxylic acids is 1. The SMILES string of the molecule is CSC1CCCC(NCC2CC(F)(F)C(=O)O2)C1. The highest BCUT2D eigenvalue weighted by Gasteiger charge is 2.50. The van der Waals surface area contributed by atoms with Crippen molar-refractivity contribution < 1.29 is 18.3 Å². The summed E-state index contributed by atoms with van der Waals surface area (Å²) < 4.78 is 30.6. The van der Waals surface area contributed by atoms with Gasteiger partial charge in [0.1, 0.15) is 6.10 Å². The van der Waals surface area contributed by atoms with Crippen LogP contribution in [-0.2, 0) is 9.53 Å². The summed E-state index contributed by atoms with van der Waals surface area (Å²) in [6, 6.07) is 0.365. The average molecular weight is 279 g/mol. The van der Waals surface area contributed by atoms with Gasteiger partial charge in [0.15, 0.2) is 0 Å². The van der Waals surface area contributed by atoms with Gasteiger partial charge in [-0.3, -0.25) is 0 Å². The van der Waals surface area contributed by atoms with Crippen LogP contribution in [-0.4, -0.2) is 42.1 Å². The Kier molecular flexibility index (Phi) is 4.48. The quantitative estimate of drug-likeness (QED) is 0.801. The first-order valence-electron chi connectivity index (χ1n) is 6.36. The van der Waals surface area contributed by atoms with E-state index in [1.165, 1.54) is 12.8 Å². The minimum absolute atomic E-state index is 0.340. The van der Waals surface area contributed by atoms with E-state index >= 15 is 0 Å². The highest BCUT2D eigenvalue weighted by molar-refractivity contribution is 7.99. The molecule has 2 fully saturated rings. The number of hydrogen-bond donors (Lipinski definition) is 1. The minimum Gasteiger partial charge on any atom is -0.456 e. The topological polar surface area (TPSA) is 38.3 Å². The molecule has 6 heteroatoms. The van der Waals surface area contributed by atoms with Crippen molar-refractivity contribution in [3.05, 3.63) is 0 Å². The number of alkyl halides is 2. The van der Waals surface area contributed by atoms with Crippen molar-refractivity contribution in [2.75, 3.05) is 12.8 Å². The maximum atomic E-state index is 13.0. The van der Waals surface area contributed by atoms with Gasteiger partial charge in [-0.2, -0.15) is 20.5 Å². The molecule has 0 spiro atoms. The molecule has 18 heavy (non-hydrogen) atoms. The Bertz CT molecular complexity index is 314. The van der Waals surface area contributed by atoms with Crippen molar-refractivity contribution in [3.8, 4) is 0 Å². The zero-order valence-corrected chi connectivity index (χ0v) is 11.3. The summed E-state index contributed by atoms with van der Waals surface area (Å²) in [6.45, 7) is 0.340. The third-order valence-electron chi connectivity index (χ3n) is 3.65. The van der Waals surface area contributed by atoms with Crippen LogP contribution in [0, 0.1) is 0 Å². The molecule has 0 radical (unpaired) electrons. The summed E-state index contributed by atoms with van der Waals surface area (Å²) in [5, 5.41) is 3.92. The molecule has 0 bridgehead atoms. The standard InChI is InChI=1S/C12H19F2NO2S/c1-18-10-4-2-3-8(5-10)15-7-9-6-12(13,14)11(16)17-9/h8-10,15H,2-7H2,1H3. The molecule has 2 rings (SSSR count). The molecule has 0 amide bonds. The molecular weight excluding hydrogens is 260 g/mol. The van der Waals surface area contributed by atoms with Crippen LogP contribution in [0.25, 0.3) is 0 Å². The van der Waals surface area contributed by atoms with Gasteiger partial charge in [-0.25, -0.2) is 4.79 Å². The van der Waals surface area contributed by atoms with E-state index < -0.39 is 24.4 Å². The van der Waals surface area contributed by atoms with Crippen molar-refractivity contribution in [1.82, 2.24) is 5.32 Å². The molecule has 104 valence electrons. The molecule has 2 aliphatic rings. The van der Waals surface area contributed by atoms with Crippen molar-refractivity contribution >= 4 is 17.7 Å². The molecule has 3 nitrogen and oxygen atoms in total. The van der Waals surface area contributed by atoms with E-state index in [1.54, 1.807) is 0 Å². The highest BCUT2D eigenvalue weighted by Crippen LogP contribution is 2.31. The van der Waals surface area contributed by atoms with Crippen molar-refractivity contribution in [2.45, 2.75) is 55.4 Å². The Morgan fingerprint density at radius 2 is 2.28 bits per heavy atom. The van der Waals surface area contributed by atoms with E-state index in [-0.39, 0.29) is 0 Å². The van der Waals surface area contributed by atoms with E-state index in [0.29, 0.717) is 17.8 Å². The number of nitrogens with one attached hydrogen (secondary N) is 1. The molecule has 1 aliphatic carbocycles. The van der Waals surface area contributed by atoms with Crippen LogP contribution in [0.5, 0.6) is 0 Å². The van der Waals surface area contributed by atoms with Gasteiger partial charge in [-0.1, -0.05) is 6.42 Å². The number of cyclic esters (lactones) is 1. The Labute approximate surface area is 110 Å². The van der Waals surface area contributed by atoms with Crippen LogP contribution in [0.1, 0.15) is 32.1 Å². The van der Waals surface area contributed by atoms with E-state index in [2.05, 4.69) is 16.3 Å². The van der Waals surface area contributed by atoms with Crippen molar-refractivity contribution in [3.63, 3.8) is 0 Å². The van der Waals surface area contributed by atoms with E-state index in [4.69, 9.17) is 0 Å². The van der Waals surface area contributed by atoms with Gasteiger partial charge < -0.3 is 10.1 Å². The van der Waals surface area contributed by atoms with Gasteiger partial charge in [-0.05, 0) is 25.5 Å². The Hall–Kier alpha value is -0.360. The van der Waals surface area contributed by atoms with Crippen molar-refractivity contribution in [1.29, 1.82) is 0 Å². The summed E-state index contributed by atoms with van der Waals surface area (Å²) in [7, 11) is 0. The lowest BCUT2D eigenvalue weighted by atomic mass is 9.95. The first-order chi connectivity index (χ1) is 8.51. The van der Waals surface area contributed by atoms with Crippen LogP contribution >= 0.6 is 11.8 Å². The minimum atomic E-state index is -3.29. The molecular formula is C12H19F2NO2S. The normalized spacial score (nSPS) is 35.5. The maximum absolute atomic E-state index is 13.0. The third kappa shape index (κ3) is 3.35. The Balaban J connectivity index is 1.74. The second-order valence-corrected chi connectivity index (χ2v) is 6.20. The number of esters is 1. The van der Waals surface area contributed by atoms with Gasteiger partial charge in [0.2, 0.25) is 0 Å². The number of hydrogen-bond acceptors (Lipinski definition) is 4. The molecule has 3 unspecified atom stereocenters. The highest BCUT2D eigenvalue weighted by atomic mass is 32.2. The lowest BCUT2D eigenvalue weighted by Crippen LogP contribution is -2.39. The predicted octanol–water partition coefficient (Wildman–Crippen LogP) is 2.20. The zero-order chi connectivity index (χ0) is 13.2. The second kappa shape index (κ2) is 5.74. The van der Waals surface area contributed by atoms with Crippen LogP contribution in [0.15, 0.2) is 0 Å². The predicted molar refractivity (Wildman–Crippen MR) is 67.0 cm³/mol. The lowest BCUT2D eigenvalue weighted by Gasteiger charge is -2.29. The fourth-order valence-corrected chi connectivity index (χ4v) is 3.43. The molecule has 0 aromatic rings. The van der Waals surface area contributed by atoms with Gasteiger partial charge in [0, 0.05) is 17.8 Å². The summed E-state index contributed by atoms with van der Waals surface area (Å²) in [4.78, 5) is 10.9. The molecule has 0 aromatic carbocycles. The third-order valence-corrected chi connectivity index (χ3v) is 4.74. The Morgan fingerprint density at radius 3 is 2.89 bits per heavy atom. The van der Waals surface area contributed by atoms with Crippen LogP contribution in [0.4, 0.5) is 8.78 Å². The summed E-state index contributed by atoms with van der Waals surface area (Å²) in [6.07, 6.45) is 5.48. The van der Waals surface area contributed by atoms with E-state index in [0.717, 1.165) is 12.8 Å². The van der Waals surface area contributed by atoms with Crippen LogP contribution in [0.2, 0.25) is 0 Å². The van der Waals surface area contributed by atoms with Crippen LogP contribution < -0.4 is 5.32 Å². The first kappa shape index (κ1) is 14.1. The Morgan fingerprint density at radius 1 is 1.50 bits per heavy atom. The first-order valence-corrected chi connectivity index (χ1v) is 7.65. The number of rotatable bonds is 4.